The maximum absolute atomic E-state index is 9.76. The van der Waals surface area contributed by atoms with Crippen LogP contribution in [0.5, 0.6) is 0 Å². The third-order valence-corrected chi connectivity index (χ3v) is 0.731. The van der Waals surface area contributed by atoms with Gasteiger partial charge >= 0.3 is 0 Å². The van der Waals surface area contributed by atoms with Gasteiger partial charge in [-0.3, -0.25) is 4.79 Å². The molecule has 1 atom stereocenters. The number of aliphatic hydroxyl groups excluding tert-OH is 1. The first-order chi connectivity index (χ1) is 2.64. The summed E-state index contributed by atoms with van der Waals surface area (Å²) in [6.45, 7) is 1.37. The molecule has 0 aromatic rings. The molecular weight excluding hydrogens is 139 g/mol. The van der Waals surface area contributed by atoms with Crippen LogP contribution in [-0.2, 0) is 4.79 Å². The number of thiol groups is 1. The van der Waals surface area contributed by atoms with E-state index in [4.69, 9.17) is 5.11 Å². The van der Waals surface area contributed by atoms with Gasteiger partial charge in [-0.15, -0.1) is 12.6 Å². The maximum atomic E-state index is 9.76. The zero-order chi connectivity index (χ0) is 5.15. The van der Waals surface area contributed by atoms with Crippen LogP contribution in [0.2, 0.25) is 0 Å². The van der Waals surface area contributed by atoms with Gasteiger partial charge in [0.05, 0.1) is 0 Å². The van der Waals surface area contributed by atoms with E-state index in [1.807, 2.05) is 0 Å². The van der Waals surface area contributed by atoms with Crippen LogP contribution in [0.15, 0.2) is 0 Å². The monoisotopic (exact) mass is 145 g/mol. The molecule has 1 unspecified atom stereocenters. The summed E-state index contributed by atoms with van der Waals surface area (Å²) in [7, 11) is 0. The molecule has 2 nitrogen and oxygen atoms in total. The first-order valence-corrected chi connectivity index (χ1v) is 2.00. The van der Waals surface area contributed by atoms with E-state index in [9.17, 15) is 4.79 Å². The summed E-state index contributed by atoms with van der Waals surface area (Å²) < 4.78 is 0. The Morgan fingerprint density at radius 3 is 2.00 bits per heavy atom. The van der Waals surface area contributed by atoms with Crippen molar-refractivity contribution in [3.05, 3.63) is 0 Å². The van der Waals surface area contributed by atoms with E-state index >= 15 is 0 Å². The predicted octanol–water partition coefficient (Wildman–Crippen LogP) is -0.557. The predicted molar refractivity (Wildman–Crippen MR) is 31.4 cm³/mol. The molecule has 0 aromatic carbocycles. The van der Waals surface area contributed by atoms with E-state index in [-0.39, 0.29) is 51.4 Å². The number of carbonyl (C=O) groups excluding carboxylic acids is 1. The molecule has 0 spiro atoms. The number of carbonyl (C=O) groups is 1. The van der Waals surface area contributed by atoms with Gasteiger partial charge in [0.1, 0.15) is 6.10 Å². The molecule has 0 aromatic heterocycles. The van der Waals surface area contributed by atoms with Crippen LogP contribution in [0.4, 0.5) is 0 Å². The zero-order valence-corrected chi connectivity index (χ0v) is 8.40. The fourth-order valence-electron chi connectivity index (χ4n) is 0. The minimum absolute atomic E-state index is 0. The van der Waals surface area contributed by atoms with Crippen molar-refractivity contribution in [2.24, 2.45) is 0 Å². The van der Waals surface area contributed by atoms with Crippen molar-refractivity contribution in [3.63, 3.8) is 0 Å². The van der Waals surface area contributed by atoms with Crippen LogP contribution in [0.1, 0.15) is 6.92 Å². The normalized spacial score (nSPS) is 11.9. The molecule has 0 saturated heterocycles. The third-order valence-electron chi connectivity index (χ3n) is 0.357. The zero-order valence-electron chi connectivity index (χ0n) is 4.38. The smallest absolute Gasteiger partial charge is 0.214 e. The topological polar surface area (TPSA) is 37.3 Å². The molecule has 0 fully saturated rings. The number of hydrogen-bond acceptors (Lipinski definition) is 2. The summed E-state index contributed by atoms with van der Waals surface area (Å²) in [5.74, 6) is 0. The standard InChI is InChI=1S/C3H6O2S.K/c1-2(4)3(5)6;/h2,4H,1H3,(H,5,6);. The first kappa shape index (κ1) is 11.4. The van der Waals surface area contributed by atoms with Gasteiger partial charge in [-0.2, -0.15) is 0 Å². The molecular formula is C3H6KO2S. The fourth-order valence-corrected chi connectivity index (χ4v) is 0. The van der Waals surface area contributed by atoms with Crippen molar-refractivity contribution in [2.75, 3.05) is 0 Å². The van der Waals surface area contributed by atoms with Crippen molar-refractivity contribution in [1.29, 1.82) is 0 Å². The third kappa shape index (κ3) is 7.62. The Bertz CT molecular complexity index is 64.0. The molecule has 37 valence electrons. The average molecular weight is 145 g/mol. The molecule has 0 rings (SSSR count). The second-order valence-corrected chi connectivity index (χ2v) is 1.45. The van der Waals surface area contributed by atoms with Crippen LogP contribution in [0.3, 0.4) is 0 Å². The number of rotatable bonds is 1. The van der Waals surface area contributed by atoms with E-state index in [2.05, 4.69) is 12.6 Å². The van der Waals surface area contributed by atoms with Gasteiger partial charge in [-0.25, -0.2) is 0 Å². The molecule has 0 amide bonds. The van der Waals surface area contributed by atoms with Crippen LogP contribution in [0.25, 0.3) is 0 Å². The van der Waals surface area contributed by atoms with Crippen LogP contribution in [0, 0.1) is 0 Å². The summed E-state index contributed by atoms with van der Waals surface area (Å²) in [6.07, 6.45) is -0.923. The Labute approximate surface area is 90.5 Å². The molecule has 1 N–H and O–H groups in total. The molecule has 7 heavy (non-hydrogen) atoms. The quantitative estimate of drug-likeness (QED) is 0.383. The van der Waals surface area contributed by atoms with Crippen molar-refractivity contribution < 1.29 is 9.90 Å². The van der Waals surface area contributed by atoms with Crippen molar-refractivity contribution in [2.45, 2.75) is 13.0 Å². The van der Waals surface area contributed by atoms with Gasteiger partial charge in [-0.1, -0.05) is 0 Å². The van der Waals surface area contributed by atoms with Crippen molar-refractivity contribution in [1.82, 2.24) is 0 Å². The van der Waals surface area contributed by atoms with Crippen molar-refractivity contribution >= 4 is 69.1 Å². The molecule has 0 aliphatic heterocycles. The Kier molecular flexibility index (Phi) is 9.38. The Hall–Kier alpha value is 1.62. The van der Waals surface area contributed by atoms with E-state index in [1.54, 1.807) is 0 Å². The Morgan fingerprint density at radius 2 is 2.00 bits per heavy atom. The van der Waals surface area contributed by atoms with Crippen molar-refractivity contribution in [3.8, 4) is 0 Å². The summed E-state index contributed by atoms with van der Waals surface area (Å²) in [4.78, 5) is 9.76. The van der Waals surface area contributed by atoms with E-state index in [0.29, 0.717) is 0 Å². The maximum Gasteiger partial charge on any atom is 0.214 e. The van der Waals surface area contributed by atoms with Gasteiger partial charge < -0.3 is 5.11 Å². The van der Waals surface area contributed by atoms with Gasteiger partial charge in [0.2, 0.25) is 5.12 Å². The van der Waals surface area contributed by atoms with E-state index in [1.165, 1.54) is 6.92 Å². The average Bonchev–Trinajstić information content (AvgIpc) is 1.36. The van der Waals surface area contributed by atoms with E-state index in [0.717, 1.165) is 0 Å². The summed E-state index contributed by atoms with van der Waals surface area (Å²) in [6, 6.07) is 0. The summed E-state index contributed by atoms with van der Waals surface area (Å²) in [5, 5.41) is 7.71. The SMILES string of the molecule is CC(O)C(=O)S.[K]. The molecule has 1 radical (unpaired) electrons. The largest absolute Gasteiger partial charge is 0.385 e. The molecule has 0 saturated carbocycles. The molecule has 0 aliphatic rings. The Morgan fingerprint density at radius 1 is 1.86 bits per heavy atom. The van der Waals surface area contributed by atoms with Gasteiger partial charge in [-0.05, 0) is 6.92 Å². The van der Waals surface area contributed by atoms with Gasteiger partial charge in [0.25, 0.3) is 0 Å². The van der Waals surface area contributed by atoms with Crippen LogP contribution < -0.4 is 0 Å². The van der Waals surface area contributed by atoms with Crippen LogP contribution in [-0.4, -0.2) is 67.7 Å². The summed E-state index contributed by atoms with van der Waals surface area (Å²) >= 11 is 3.30. The molecule has 0 aliphatic carbocycles. The fraction of sp³-hybridized carbons (Fsp3) is 0.667. The van der Waals surface area contributed by atoms with Gasteiger partial charge in [0, 0.05) is 51.4 Å². The molecule has 4 heteroatoms. The first-order valence-electron chi connectivity index (χ1n) is 1.55. The molecule has 0 heterocycles. The second-order valence-electron chi connectivity index (χ2n) is 1.01. The van der Waals surface area contributed by atoms with E-state index < -0.39 is 11.2 Å². The second kappa shape index (κ2) is 5.75. The molecule has 0 bridgehead atoms. The van der Waals surface area contributed by atoms with Gasteiger partial charge in [0.15, 0.2) is 0 Å². The number of hydrogen-bond donors (Lipinski definition) is 2. The minimum atomic E-state index is -0.923. The number of aliphatic hydroxyl groups is 1. The van der Waals surface area contributed by atoms with Crippen LogP contribution >= 0.6 is 12.6 Å². The summed E-state index contributed by atoms with van der Waals surface area (Å²) in [5.41, 5.74) is 0. The minimum Gasteiger partial charge on any atom is -0.385 e. The Balaban J connectivity index is 0.